The fourth-order valence-corrected chi connectivity index (χ4v) is 2.50. The molecule has 1 N–H and O–H groups in total. The van der Waals surface area contributed by atoms with Crippen molar-refractivity contribution in [3.05, 3.63) is 29.6 Å². The highest BCUT2D eigenvalue weighted by atomic mass is 16.5. The van der Waals surface area contributed by atoms with E-state index in [4.69, 9.17) is 4.74 Å². The van der Waals surface area contributed by atoms with Crippen LogP contribution in [-0.4, -0.2) is 16.6 Å². The predicted molar refractivity (Wildman–Crippen MR) is 82.5 cm³/mol. The second-order valence-corrected chi connectivity index (χ2v) is 6.79. The van der Waals surface area contributed by atoms with Crippen LogP contribution in [0.25, 0.3) is 0 Å². The van der Waals surface area contributed by atoms with Crippen LogP contribution in [0.4, 0.5) is 0 Å². The Labute approximate surface area is 123 Å². The molecule has 1 aromatic rings. The van der Waals surface area contributed by atoms with Crippen molar-refractivity contribution in [1.82, 2.24) is 10.3 Å². The number of rotatable bonds is 5. The number of ether oxygens (including phenoxy) is 1. The minimum atomic E-state index is 0.121. The normalized spacial score (nSPS) is 17.4. The molecule has 3 nitrogen and oxygen atoms in total. The first-order chi connectivity index (χ1) is 9.53. The molecule has 1 fully saturated rings. The Hall–Kier alpha value is -0.930. The van der Waals surface area contributed by atoms with Crippen molar-refractivity contribution in [2.24, 2.45) is 0 Å². The zero-order chi connectivity index (χ0) is 14.4. The van der Waals surface area contributed by atoms with Gasteiger partial charge in [0.1, 0.15) is 0 Å². The third-order valence-corrected chi connectivity index (χ3v) is 3.68. The van der Waals surface area contributed by atoms with Crippen molar-refractivity contribution < 1.29 is 4.74 Å². The summed E-state index contributed by atoms with van der Waals surface area (Å²) >= 11 is 0. The lowest BCUT2D eigenvalue weighted by molar-refractivity contribution is 0.0152. The lowest BCUT2D eigenvalue weighted by Crippen LogP contribution is -2.35. The predicted octanol–water partition coefficient (Wildman–Crippen LogP) is 3.82. The van der Waals surface area contributed by atoms with Crippen molar-refractivity contribution in [3.8, 4) is 0 Å². The minimum Gasteiger partial charge on any atom is -0.372 e. The van der Waals surface area contributed by atoms with Crippen LogP contribution in [0.1, 0.15) is 64.3 Å². The molecule has 20 heavy (non-hydrogen) atoms. The van der Waals surface area contributed by atoms with Crippen LogP contribution in [0, 0.1) is 0 Å². The first-order valence-corrected chi connectivity index (χ1v) is 7.84. The van der Waals surface area contributed by atoms with Crippen molar-refractivity contribution >= 4 is 0 Å². The molecule has 0 radical (unpaired) electrons. The molecule has 0 spiro atoms. The molecular weight excluding hydrogens is 248 g/mol. The summed E-state index contributed by atoms with van der Waals surface area (Å²) in [5, 5.41) is 3.47. The Morgan fingerprint density at radius 1 is 1.15 bits per heavy atom. The molecule has 2 rings (SSSR count). The first-order valence-electron chi connectivity index (χ1n) is 7.84. The van der Waals surface area contributed by atoms with Crippen LogP contribution in [-0.2, 0) is 17.9 Å². The van der Waals surface area contributed by atoms with Gasteiger partial charge in [-0.05, 0) is 45.7 Å². The van der Waals surface area contributed by atoms with Gasteiger partial charge in [-0.25, -0.2) is 0 Å². The third kappa shape index (κ3) is 5.59. The summed E-state index contributed by atoms with van der Waals surface area (Å²) < 4.78 is 5.99. The summed E-state index contributed by atoms with van der Waals surface area (Å²) in [6, 6.07) is 6.21. The Kier molecular flexibility index (Phi) is 5.55. The molecule has 3 heteroatoms. The molecule has 1 heterocycles. The second kappa shape index (κ2) is 7.19. The summed E-state index contributed by atoms with van der Waals surface area (Å²) in [6.07, 6.45) is 6.87. The Balaban J connectivity index is 1.82. The summed E-state index contributed by atoms with van der Waals surface area (Å²) in [5.74, 6) is 0. The van der Waals surface area contributed by atoms with E-state index in [1.807, 2.05) is 0 Å². The summed E-state index contributed by atoms with van der Waals surface area (Å²) in [7, 11) is 0. The van der Waals surface area contributed by atoms with Gasteiger partial charge < -0.3 is 10.1 Å². The lowest BCUT2D eigenvalue weighted by Gasteiger charge is -2.22. The van der Waals surface area contributed by atoms with Crippen LogP contribution >= 0.6 is 0 Å². The van der Waals surface area contributed by atoms with Gasteiger partial charge in [0.2, 0.25) is 0 Å². The Bertz CT molecular complexity index is 406. The first kappa shape index (κ1) is 15.5. The molecule has 1 aromatic heterocycles. The maximum atomic E-state index is 5.99. The summed E-state index contributed by atoms with van der Waals surface area (Å²) in [6.45, 7) is 7.96. The zero-order valence-electron chi connectivity index (χ0n) is 13.1. The fraction of sp³-hybridized carbons (Fsp3) is 0.706. The van der Waals surface area contributed by atoms with Crippen LogP contribution in [0.2, 0.25) is 0 Å². The van der Waals surface area contributed by atoms with Gasteiger partial charge in [-0.1, -0.05) is 25.3 Å². The lowest BCUT2D eigenvalue weighted by atomic mass is 9.98. The molecule has 112 valence electrons. The molecular formula is C17H28N2O. The molecule has 0 amide bonds. The van der Waals surface area contributed by atoms with E-state index < -0.39 is 0 Å². The average molecular weight is 276 g/mol. The smallest absolute Gasteiger partial charge is 0.0891 e. The van der Waals surface area contributed by atoms with Gasteiger partial charge in [0.05, 0.1) is 24.1 Å². The van der Waals surface area contributed by atoms with Crippen molar-refractivity contribution in [3.63, 3.8) is 0 Å². The Morgan fingerprint density at radius 2 is 1.85 bits per heavy atom. The summed E-state index contributed by atoms with van der Waals surface area (Å²) in [5.41, 5.74) is 2.25. The van der Waals surface area contributed by atoms with Crippen molar-refractivity contribution in [2.75, 3.05) is 0 Å². The molecule has 0 aliphatic heterocycles. The highest BCUT2D eigenvalue weighted by Gasteiger charge is 2.14. The molecule has 0 saturated heterocycles. The highest BCUT2D eigenvalue weighted by Crippen LogP contribution is 2.21. The zero-order valence-corrected chi connectivity index (χ0v) is 13.1. The molecule has 0 atom stereocenters. The average Bonchev–Trinajstić information content (AvgIpc) is 2.44. The number of nitrogens with zero attached hydrogens (tertiary/aromatic N) is 1. The van der Waals surface area contributed by atoms with E-state index >= 15 is 0 Å². The van der Waals surface area contributed by atoms with Crippen LogP contribution < -0.4 is 5.32 Å². The largest absolute Gasteiger partial charge is 0.372 e. The van der Waals surface area contributed by atoms with Crippen LogP contribution in [0.5, 0.6) is 0 Å². The second-order valence-electron chi connectivity index (χ2n) is 6.79. The highest BCUT2D eigenvalue weighted by molar-refractivity contribution is 5.10. The molecule has 0 unspecified atom stereocenters. The van der Waals surface area contributed by atoms with Crippen molar-refractivity contribution in [1.29, 1.82) is 0 Å². The maximum Gasteiger partial charge on any atom is 0.0891 e. The van der Waals surface area contributed by atoms with Gasteiger partial charge in [-0.3, -0.25) is 4.98 Å². The number of hydrogen-bond acceptors (Lipinski definition) is 3. The van der Waals surface area contributed by atoms with Crippen molar-refractivity contribution in [2.45, 2.75) is 77.7 Å². The number of nitrogens with one attached hydrogen (secondary N) is 1. The van der Waals surface area contributed by atoms with E-state index in [-0.39, 0.29) is 5.54 Å². The summed E-state index contributed by atoms with van der Waals surface area (Å²) in [4.78, 5) is 4.67. The number of pyridine rings is 1. The molecule has 0 aromatic carbocycles. The van der Waals surface area contributed by atoms with Gasteiger partial charge in [0.25, 0.3) is 0 Å². The molecule has 1 aliphatic carbocycles. The van der Waals surface area contributed by atoms with Gasteiger partial charge in [-0.2, -0.15) is 0 Å². The van der Waals surface area contributed by atoms with Gasteiger partial charge in [-0.15, -0.1) is 0 Å². The van der Waals surface area contributed by atoms with Crippen LogP contribution in [0.15, 0.2) is 18.2 Å². The minimum absolute atomic E-state index is 0.121. The van der Waals surface area contributed by atoms with Gasteiger partial charge in [0.15, 0.2) is 0 Å². The van der Waals surface area contributed by atoms with Crippen LogP contribution in [0.3, 0.4) is 0 Å². The van der Waals surface area contributed by atoms with Gasteiger partial charge in [0, 0.05) is 12.1 Å². The molecule has 1 saturated carbocycles. The maximum absolute atomic E-state index is 5.99. The Morgan fingerprint density at radius 3 is 2.55 bits per heavy atom. The standard InChI is InChI=1S/C17H28N2O/c1-17(2,3)18-12-14-8-7-9-15(19-14)13-20-16-10-5-4-6-11-16/h7-9,16,18H,4-6,10-13H2,1-3H3. The van der Waals surface area contributed by atoms with E-state index in [1.165, 1.54) is 32.1 Å². The topological polar surface area (TPSA) is 34.1 Å². The number of aromatic nitrogens is 1. The van der Waals surface area contributed by atoms with E-state index in [2.05, 4.69) is 49.3 Å². The molecule has 1 aliphatic rings. The third-order valence-electron chi connectivity index (χ3n) is 3.68. The van der Waals surface area contributed by atoms with E-state index in [0.29, 0.717) is 12.7 Å². The number of hydrogen-bond donors (Lipinski definition) is 1. The fourth-order valence-electron chi connectivity index (χ4n) is 2.50. The van der Waals surface area contributed by atoms with E-state index in [0.717, 1.165) is 17.9 Å². The monoisotopic (exact) mass is 276 g/mol. The molecule has 0 bridgehead atoms. The van der Waals surface area contributed by atoms with Gasteiger partial charge >= 0.3 is 0 Å². The van der Waals surface area contributed by atoms with E-state index in [9.17, 15) is 0 Å². The van der Waals surface area contributed by atoms with E-state index in [1.54, 1.807) is 0 Å². The SMILES string of the molecule is CC(C)(C)NCc1cccc(COC2CCCCC2)n1. The quantitative estimate of drug-likeness (QED) is 0.887.